The van der Waals surface area contributed by atoms with Crippen LogP contribution in [0, 0.1) is 0 Å². The maximum absolute atomic E-state index is 12.4. The van der Waals surface area contributed by atoms with Crippen LogP contribution in [0.5, 0.6) is 0 Å². The molecular formula is C21H22ClN5O. The molecule has 0 aliphatic rings. The van der Waals surface area contributed by atoms with Gasteiger partial charge in [0.2, 0.25) is 5.95 Å². The molecule has 0 aliphatic heterocycles. The predicted octanol–water partition coefficient (Wildman–Crippen LogP) is 3.91. The first-order valence-corrected chi connectivity index (χ1v) is 9.29. The zero-order valence-corrected chi connectivity index (χ0v) is 16.6. The van der Waals surface area contributed by atoms with Crippen LogP contribution in [0.3, 0.4) is 0 Å². The average molecular weight is 396 g/mol. The number of aromatic nitrogens is 2. The normalized spacial score (nSPS) is 10.4. The maximum Gasteiger partial charge on any atom is 0.270 e. The van der Waals surface area contributed by atoms with Crippen molar-refractivity contribution in [3.63, 3.8) is 0 Å². The topological polar surface area (TPSA) is 70.2 Å². The van der Waals surface area contributed by atoms with E-state index in [-0.39, 0.29) is 5.91 Å². The van der Waals surface area contributed by atoms with Crippen molar-refractivity contribution in [2.45, 2.75) is 6.42 Å². The molecule has 1 aromatic heterocycles. The van der Waals surface area contributed by atoms with Gasteiger partial charge in [-0.05, 0) is 54.4 Å². The third-order valence-electron chi connectivity index (χ3n) is 4.14. The van der Waals surface area contributed by atoms with Crippen LogP contribution in [0.4, 0.5) is 17.3 Å². The molecule has 6 nitrogen and oxygen atoms in total. The largest absolute Gasteiger partial charge is 0.378 e. The van der Waals surface area contributed by atoms with Gasteiger partial charge in [-0.2, -0.15) is 0 Å². The Morgan fingerprint density at radius 1 is 1.04 bits per heavy atom. The van der Waals surface area contributed by atoms with E-state index < -0.39 is 0 Å². The molecular weight excluding hydrogens is 374 g/mol. The highest BCUT2D eigenvalue weighted by atomic mass is 35.5. The lowest BCUT2D eigenvalue weighted by Gasteiger charge is -2.13. The second-order valence-corrected chi connectivity index (χ2v) is 6.90. The molecule has 0 spiro atoms. The first-order valence-electron chi connectivity index (χ1n) is 8.91. The fourth-order valence-electron chi connectivity index (χ4n) is 2.58. The number of benzene rings is 2. The Hall–Kier alpha value is -3.12. The highest BCUT2D eigenvalue weighted by Crippen LogP contribution is 2.18. The van der Waals surface area contributed by atoms with E-state index in [9.17, 15) is 4.79 Å². The number of anilines is 3. The van der Waals surface area contributed by atoms with E-state index in [1.54, 1.807) is 12.3 Å². The molecule has 1 heterocycles. The summed E-state index contributed by atoms with van der Waals surface area (Å²) in [6, 6.07) is 17.0. The van der Waals surface area contributed by atoms with Crippen LogP contribution in [0.1, 0.15) is 16.1 Å². The van der Waals surface area contributed by atoms with Gasteiger partial charge in [0, 0.05) is 43.2 Å². The molecule has 3 rings (SSSR count). The summed E-state index contributed by atoms with van der Waals surface area (Å²) in [7, 11) is 3.97. The third-order valence-corrected chi connectivity index (χ3v) is 4.39. The Morgan fingerprint density at radius 2 is 1.75 bits per heavy atom. The standard InChI is InChI=1S/C21H22ClN5O/c1-27(2)18-9-7-17(8-10-18)25-21-24-14-12-19(26-21)20(28)23-13-11-15-3-5-16(22)6-4-15/h3-10,12,14H,11,13H2,1-2H3,(H,23,28)(H,24,25,26). The second kappa shape index (κ2) is 9.19. The number of hydrogen-bond donors (Lipinski definition) is 2. The number of carbonyl (C=O) groups excluding carboxylic acids is 1. The van der Waals surface area contributed by atoms with Crippen molar-refractivity contribution in [1.82, 2.24) is 15.3 Å². The summed E-state index contributed by atoms with van der Waals surface area (Å²) < 4.78 is 0. The fraction of sp³-hybridized carbons (Fsp3) is 0.190. The zero-order chi connectivity index (χ0) is 19.9. The molecule has 2 N–H and O–H groups in total. The van der Waals surface area contributed by atoms with Crippen molar-refractivity contribution in [2.24, 2.45) is 0 Å². The second-order valence-electron chi connectivity index (χ2n) is 6.46. The van der Waals surface area contributed by atoms with Gasteiger partial charge in [0.1, 0.15) is 5.69 Å². The van der Waals surface area contributed by atoms with E-state index >= 15 is 0 Å². The van der Waals surface area contributed by atoms with Gasteiger partial charge in [0.05, 0.1) is 0 Å². The molecule has 7 heteroatoms. The van der Waals surface area contributed by atoms with Gasteiger partial charge >= 0.3 is 0 Å². The van der Waals surface area contributed by atoms with Crippen molar-refractivity contribution in [3.05, 3.63) is 77.1 Å². The lowest BCUT2D eigenvalue weighted by Crippen LogP contribution is -2.26. The molecule has 0 saturated heterocycles. The van der Waals surface area contributed by atoms with E-state index in [2.05, 4.69) is 20.6 Å². The molecule has 0 aliphatic carbocycles. The molecule has 1 amide bonds. The van der Waals surface area contributed by atoms with Crippen LogP contribution in [0.2, 0.25) is 5.02 Å². The van der Waals surface area contributed by atoms with Crippen LogP contribution in [0.15, 0.2) is 60.8 Å². The molecule has 0 bridgehead atoms. The predicted molar refractivity (Wildman–Crippen MR) is 114 cm³/mol. The van der Waals surface area contributed by atoms with Gasteiger partial charge < -0.3 is 15.5 Å². The van der Waals surface area contributed by atoms with Crippen molar-refractivity contribution in [3.8, 4) is 0 Å². The van der Waals surface area contributed by atoms with Crippen molar-refractivity contribution < 1.29 is 4.79 Å². The van der Waals surface area contributed by atoms with E-state index in [0.29, 0.717) is 23.2 Å². The molecule has 0 fully saturated rings. The summed E-state index contributed by atoms with van der Waals surface area (Å²) in [4.78, 5) is 22.9. The maximum atomic E-state index is 12.4. The smallest absolute Gasteiger partial charge is 0.270 e. The average Bonchev–Trinajstić information content (AvgIpc) is 2.70. The van der Waals surface area contributed by atoms with Crippen molar-refractivity contribution in [2.75, 3.05) is 30.9 Å². The number of halogens is 1. The Bertz CT molecular complexity index is 926. The highest BCUT2D eigenvalue weighted by molar-refractivity contribution is 6.30. The van der Waals surface area contributed by atoms with Crippen molar-refractivity contribution in [1.29, 1.82) is 0 Å². The third kappa shape index (κ3) is 5.44. The van der Waals surface area contributed by atoms with Gasteiger partial charge in [-0.25, -0.2) is 9.97 Å². The summed E-state index contributed by atoms with van der Waals surface area (Å²) in [5, 5.41) is 6.70. The summed E-state index contributed by atoms with van der Waals surface area (Å²) in [6.07, 6.45) is 2.29. The van der Waals surface area contributed by atoms with E-state index in [1.165, 1.54) is 0 Å². The molecule has 2 aromatic carbocycles. The lowest BCUT2D eigenvalue weighted by atomic mass is 10.1. The monoisotopic (exact) mass is 395 g/mol. The number of hydrogen-bond acceptors (Lipinski definition) is 5. The minimum atomic E-state index is -0.234. The van der Waals surface area contributed by atoms with Gasteiger partial charge in [-0.15, -0.1) is 0 Å². The number of rotatable bonds is 7. The first-order chi connectivity index (χ1) is 13.5. The van der Waals surface area contributed by atoms with Crippen LogP contribution >= 0.6 is 11.6 Å². The Labute approximate surface area is 169 Å². The van der Waals surface area contributed by atoms with Crippen LogP contribution in [0.25, 0.3) is 0 Å². The van der Waals surface area contributed by atoms with Crippen LogP contribution in [-0.2, 0) is 6.42 Å². The minimum absolute atomic E-state index is 0.234. The summed E-state index contributed by atoms with van der Waals surface area (Å²) >= 11 is 5.88. The Morgan fingerprint density at radius 3 is 2.43 bits per heavy atom. The number of carbonyl (C=O) groups is 1. The summed E-state index contributed by atoms with van der Waals surface area (Å²) in [6.45, 7) is 0.513. The number of amides is 1. The minimum Gasteiger partial charge on any atom is -0.378 e. The number of nitrogens with zero attached hydrogens (tertiary/aromatic N) is 3. The molecule has 3 aromatic rings. The molecule has 0 unspecified atom stereocenters. The van der Waals surface area contributed by atoms with E-state index in [0.717, 1.165) is 23.4 Å². The zero-order valence-electron chi connectivity index (χ0n) is 15.8. The van der Waals surface area contributed by atoms with Gasteiger partial charge in [0.25, 0.3) is 5.91 Å². The SMILES string of the molecule is CN(C)c1ccc(Nc2nccc(C(=O)NCCc3ccc(Cl)cc3)n2)cc1. The fourth-order valence-corrected chi connectivity index (χ4v) is 2.71. The molecule has 0 atom stereocenters. The van der Waals surface area contributed by atoms with Crippen LogP contribution < -0.4 is 15.5 Å². The Kier molecular flexibility index (Phi) is 6.45. The molecule has 28 heavy (non-hydrogen) atoms. The quantitative estimate of drug-likeness (QED) is 0.634. The van der Waals surface area contributed by atoms with Crippen molar-refractivity contribution >= 4 is 34.8 Å². The van der Waals surface area contributed by atoms with E-state index in [1.807, 2.05) is 67.5 Å². The molecule has 144 valence electrons. The van der Waals surface area contributed by atoms with Crippen LogP contribution in [-0.4, -0.2) is 36.5 Å². The molecule has 0 radical (unpaired) electrons. The van der Waals surface area contributed by atoms with Gasteiger partial charge in [-0.3, -0.25) is 4.79 Å². The Balaban J connectivity index is 1.57. The number of nitrogens with one attached hydrogen (secondary N) is 2. The van der Waals surface area contributed by atoms with Gasteiger partial charge in [-0.1, -0.05) is 23.7 Å². The van der Waals surface area contributed by atoms with Gasteiger partial charge in [0.15, 0.2) is 0 Å². The van der Waals surface area contributed by atoms with E-state index in [4.69, 9.17) is 11.6 Å². The highest BCUT2D eigenvalue weighted by Gasteiger charge is 2.09. The first kappa shape index (κ1) is 19.6. The lowest BCUT2D eigenvalue weighted by molar-refractivity contribution is 0.0949. The summed E-state index contributed by atoms with van der Waals surface area (Å²) in [5.74, 6) is 0.144. The molecule has 0 saturated carbocycles. The summed E-state index contributed by atoms with van der Waals surface area (Å²) in [5.41, 5.74) is 3.38.